The molecule has 3 rings (SSSR count). The highest BCUT2D eigenvalue weighted by molar-refractivity contribution is 14.0. The van der Waals surface area contributed by atoms with E-state index in [1.165, 1.54) is 12.3 Å². The van der Waals surface area contributed by atoms with Gasteiger partial charge in [0.25, 0.3) is 0 Å². The zero-order chi connectivity index (χ0) is 22.3. The molecule has 1 aliphatic rings. The molecule has 32 heavy (non-hydrogen) atoms. The number of benzene rings is 1. The molecule has 0 bridgehead atoms. The zero-order valence-corrected chi connectivity index (χ0v) is 20.3. The molecule has 1 unspecified atom stereocenters. The molecule has 1 atom stereocenters. The number of para-hydroxylation sites is 2. The van der Waals surface area contributed by atoms with E-state index in [0.29, 0.717) is 12.5 Å². The van der Waals surface area contributed by atoms with Crippen LogP contribution in [0.15, 0.2) is 47.6 Å². The van der Waals surface area contributed by atoms with Crippen molar-refractivity contribution in [2.75, 3.05) is 50.6 Å². The van der Waals surface area contributed by atoms with Crippen molar-refractivity contribution in [2.45, 2.75) is 18.6 Å². The lowest BCUT2D eigenvalue weighted by molar-refractivity contribution is -0.137. The highest BCUT2D eigenvalue weighted by atomic mass is 127. The van der Waals surface area contributed by atoms with Crippen LogP contribution in [0.25, 0.3) is 0 Å². The fraction of sp³-hybridized carbons (Fsp3) is 0.429. The molecule has 1 saturated heterocycles. The average molecular weight is 564 g/mol. The van der Waals surface area contributed by atoms with Crippen LogP contribution in [0.2, 0.25) is 0 Å². The number of nitrogens with one attached hydrogen (secondary N) is 3. The Bertz CT molecular complexity index is 896. The summed E-state index contributed by atoms with van der Waals surface area (Å²) in [7, 11) is 3.32. The molecule has 2 heterocycles. The molecule has 2 aromatic rings. The van der Waals surface area contributed by atoms with Crippen LogP contribution in [0.5, 0.6) is 5.75 Å². The Kier molecular flexibility index (Phi) is 9.66. The van der Waals surface area contributed by atoms with E-state index in [4.69, 9.17) is 4.74 Å². The van der Waals surface area contributed by atoms with Crippen LogP contribution in [0.1, 0.15) is 12.0 Å². The van der Waals surface area contributed by atoms with Gasteiger partial charge in [-0.05, 0) is 30.7 Å². The zero-order valence-electron chi connectivity index (χ0n) is 17.9. The Balaban J connectivity index is 0.00000363. The largest absolute Gasteiger partial charge is 0.495 e. The van der Waals surface area contributed by atoms with Crippen molar-refractivity contribution < 1.29 is 17.9 Å². The monoisotopic (exact) mass is 564 g/mol. The summed E-state index contributed by atoms with van der Waals surface area (Å²) in [5.74, 6) is 1.26. The summed E-state index contributed by atoms with van der Waals surface area (Å²) in [5, 5.41) is 9.23. The number of rotatable bonds is 7. The van der Waals surface area contributed by atoms with Gasteiger partial charge in [0.1, 0.15) is 11.6 Å². The Hall–Kier alpha value is -2.44. The first-order chi connectivity index (χ1) is 14.9. The number of halogens is 4. The number of methoxy groups -OCH3 is 1. The first-order valence-corrected chi connectivity index (χ1v) is 10.0. The van der Waals surface area contributed by atoms with E-state index in [1.807, 2.05) is 24.3 Å². The highest BCUT2D eigenvalue weighted by Crippen LogP contribution is 2.33. The van der Waals surface area contributed by atoms with Gasteiger partial charge in [0.05, 0.1) is 18.4 Å². The topological polar surface area (TPSA) is 73.8 Å². The summed E-state index contributed by atoms with van der Waals surface area (Å²) >= 11 is 0. The summed E-state index contributed by atoms with van der Waals surface area (Å²) in [6, 6.07) is 10.4. The van der Waals surface area contributed by atoms with Gasteiger partial charge >= 0.3 is 6.18 Å². The SMILES string of the molecule is CN=C(NCCNc1ncccc1C(F)(F)F)NC1CCN(c2ccccc2OC)C1.I. The maximum atomic E-state index is 13.0. The fourth-order valence-corrected chi connectivity index (χ4v) is 3.51. The third-order valence-corrected chi connectivity index (χ3v) is 5.00. The lowest BCUT2D eigenvalue weighted by Crippen LogP contribution is -2.45. The molecule has 1 aromatic carbocycles. The van der Waals surface area contributed by atoms with Gasteiger partial charge in [0.2, 0.25) is 0 Å². The number of hydrogen-bond donors (Lipinski definition) is 3. The van der Waals surface area contributed by atoms with Crippen molar-refractivity contribution in [3.63, 3.8) is 0 Å². The number of pyridine rings is 1. The van der Waals surface area contributed by atoms with Gasteiger partial charge in [0.15, 0.2) is 5.96 Å². The van der Waals surface area contributed by atoms with Crippen molar-refractivity contribution in [2.24, 2.45) is 4.99 Å². The first kappa shape index (κ1) is 25.8. The molecular formula is C21H28F3IN6O. The van der Waals surface area contributed by atoms with Crippen molar-refractivity contribution in [1.29, 1.82) is 0 Å². The normalized spacial score (nSPS) is 16.3. The van der Waals surface area contributed by atoms with Crippen molar-refractivity contribution >= 4 is 41.4 Å². The Morgan fingerprint density at radius 1 is 1.22 bits per heavy atom. The third kappa shape index (κ3) is 6.78. The lowest BCUT2D eigenvalue weighted by atomic mass is 10.2. The number of ether oxygens (including phenoxy) is 1. The number of alkyl halides is 3. The van der Waals surface area contributed by atoms with E-state index < -0.39 is 11.7 Å². The predicted octanol–water partition coefficient (Wildman–Crippen LogP) is 3.58. The van der Waals surface area contributed by atoms with Gasteiger partial charge in [-0.1, -0.05) is 12.1 Å². The molecule has 1 fully saturated rings. The van der Waals surface area contributed by atoms with E-state index in [-0.39, 0.29) is 42.4 Å². The molecule has 7 nitrogen and oxygen atoms in total. The Labute approximate surface area is 202 Å². The number of aromatic nitrogens is 1. The summed E-state index contributed by atoms with van der Waals surface area (Å²) in [6.07, 6.45) is -2.18. The molecule has 1 aliphatic heterocycles. The van der Waals surface area contributed by atoms with Gasteiger partial charge in [-0.15, -0.1) is 24.0 Å². The maximum absolute atomic E-state index is 13.0. The summed E-state index contributed by atoms with van der Waals surface area (Å²) < 4.78 is 44.5. The standard InChI is InChI=1S/C21H27F3N6O.HI/c1-25-20(28-12-11-27-19-16(21(22,23)24)6-5-10-26-19)29-15-9-13-30(14-15)17-7-3-4-8-18(17)31-2;/h3-8,10,15H,9,11-14H2,1-2H3,(H,26,27)(H2,25,28,29);1H. The van der Waals surface area contributed by atoms with Crippen LogP contribution in [0, 0.1) is 0 Å². The lowest BCUT2D eigenvalue weighted by Gasteiger charge is -2.22. The smallest absolute Gasteiger partial charge is 0.419 e. The van der Waals surface area contributed by atoms with Crippen LogP contribution in [-0.2, 0) is 6.18 Å². The van der Waals surface area contributed by atoms with Gasteiger partial charge in [-0.2, -0.15) is 13.2 Å². The van der Waals surface area contributed by atoms with Crippen LogP contribution < -0.4 is 25.6 Å². The van der Waals surface area contributed by atoms with E-state index in [1.54, 1.807) is 14.2 Å². The molecule has 0 aliphatic carbocycles. The molecule has 0 radical (unpaired) electrons. The average Bonchev–Trinajstić information content (AvgIpc) is 3.23. The minimum absolute atomic E-state index is 0. The molecule has 0 saturated carbocycles. The molecule has 0 spiro atoms. The molecule has 0 amide bonds. The van der Waals surface area contributed by atoms with Crippen LogP contribution in [-0.4, -0.2) is 57.3 Å². The van der Waals surface area contributed by atoms with Gasteiger partial charge in [-0.3, -0.25) is 4.99 Å². The number of aliphatic imine (C=N–C) groups is 1. The first-order valence-electron chi connectivity index (χ1n) is 10.0. The number of hydrogen-bond acceptors (Lipinski definition) is 5. The second-order valence-corrected chi connectivity index (χ2v) is 7.07. The van der Waals surface area contributed by atoms with Crippen molar-refractivity contribution in [3.8, 4) is 5.75 Å². The maximum Gasteiger partial charge on any atom is 0.419 e. The van der Waals surface area contributed by atoms with Crippen molar-refractivity contribution in [3.05, 3.63) is 48.2 Å². The second-order valence-electron chi connectivity index (χ2n) is 7.07. The van der Waals surface area contributed by atoms with E-state index in [2.05, 4.69) is 30.8 Å². The van der Waals surface area contributed by atoms with Gasteiger partial charge < -0.3 is 25.6 Å². The summed E-state index contributed by atoms with van der Waals surface area (Å²) in [4.78, 5) is 10.3. The molecule has 176 valence electrons. The molecular weight excluding hydrogens is 536 g/mol. The predicted molar refractivity (Wildman–Crippen MR) is 131 cm³/mol. The second kappa shape index (κ2) is 12.0. The Morgan fingerprint density at radius 2 is 2.00 bits per heavy atom. The van der Waals surface area contributed by atoms with E-state index in [0.717, 1.165) is 37.0 Å². The number of anilines is 2. The van der Waals surface area contributed by atoms with Crippen LogP contribution in [0.3, 0.4) is 0 Å². The summed E-state index contributed by atoms with van der Waals surface area (Å²) in [5.41, 5.74) is 0.275. The molecule has 1 aromatic heterocycles. The van der Waals surface area contributed by atoms with Gasteiger partial charge in [-0.25, -0.2) is 4.98 Å². The highest BCUT2D eigenvalue weighted by Gasteiger charge is 2.34. The van der Waals surface area contributed by atoms with Gasteiger partial charge in [0, 0.05) is 45.5 Å². The van der Waals surface area contributed by atoms with Crippen LogP contribution in [0.4, 0.5) is 24.7 Å². The minimum atomic E-state index is -4.45. The molecule has 3 N–H and O–H groups in total. The fourth-order valence-electron chi connectivity index (χ4n) is 3.51. The quantitative estimate of drug-likeness (QED) is 0.207. The number of nitrogens with zero attached hydrogens (tertiary/aromatic N) is 3. The van der Waals surface area contributed by atoms with Crippen molar-refractivity contribution in [1.82, 2.24) is 15.6 Å². The van der Waals surface area contributed by atoms with E-state index >= 15 is 0 Å². The van der Waals surface area contributed by atoms with E-state index in [9.17, 15) is 13.2 Å². The third-order valence-electron chi connectivity index (χ3n) is 5.00. The molecule has 11 heteroatoms. The van der Waals surface area contributed by atoms with Crippen LogP contribution >= 0.6 is 24.0 Å². The minimum Gasteiger partial charge on any atom is -0.495 e. The summed E-state index contributed by atoms with van der Waals surface area (Å²) in [6.45, 7) is 2.33. The Morgan fingerprint density at radius 3 is 2.72 bits per heavy atom. The number of guanidine groups is 1.